The smallest absolute Gasteiger partial charge is 0.324 e. The number of carbonyl (C=O) groups excluding carboxylic acids is 1. The minimum Gasteiger partial charge on any atom is -0.459 e. The fourth-order valence-corrected chi connectivity index (χ4v) is 2.91. The van der Waals surface area contributed by atoms with Crippen molar-refractivity contribution in [1.82, 2.24) is 0 Å². The summed E-state index contributed by atoms with van der Waals surface area (Å²) in [6.07, 6.45) is 0. The van der Waals surface area contributed by atoms with Crippen LogP contribution in [-0.2, 0) is 19.4 Å². The molecule has 0 amide bonds. The number of esters is 1. The molecular weight excluding hydrogens is 276 g/mol. The number of hydrogen-bond acceptors (Lipinski definition) is 4. The van der Waals surface area contributed by atoms with E-state index in [-0.39, 0.29) is 4.90 Å². The maximum atomic E-state index is 12.4. The average molecular weight is 298 g/mol. The van der Waals surface area contributed by atoms with E-state index in [1.807, 2.05) is 13.8 Å². The summed E-state index contributed by atoms with van der Waals surface area (Å²) in [6.45, 7) is 10.2. The van der Waals surface area contributed by atoms with Crippen LogP contribution in [0.25, 0.3) is 0 Å². The zero-order chi connectivity index (χ0) is 15.7. The highest BCUT2D eigenvalue weighted by atomic mass is 32.2. The van der Waals surface area contributed by atoms with E-state index in [0.717, 1.165) is 11.1 Å². The minimum absolute atomic E-state index is 0.152. The molecule has 0 aliphatic rings. The molecule has 20 heavy (non-hydrogen) atoms. The number of aryl methyl sites for hydroxylation is 2. The molecule has 1 unspecified atom stereocenters. The first kappa shape index (κ1) is 16.7. The first-order valence-corrected chi connectivity index (χ1v) is 8.04. The van der Waals surface area contributed by atoms with Gasteiger partial charge < -0.3 is 4.74 Å². The molecule has 0 N–H and O–H groups in total. The van der Waals surface area contributed by atoms with Gasteiger partial charge in [-0.15, -0.1) is 0 Å². The van der Waals surface area contributed by atoms with Crippen molar-refractivity contribution in [3.05, 3.63) is 29.3 Å². The molecule has 0 spiro atoms. The summed E-state index contributed by atoms with van der Waals surface area (Å²) < 4.78 is 30.0. The lowest BCUT2D eigenvalue weighted by Crippen LogP contribution is -2.35. The normalized spacial score (nSPS) is 13.9. The zero-order valence-corrected chi connectivity index (χ0v) is 13.7. The van der Waals surface area contributed by atoms with E-state index in [4.69, 9.17) is 4.74 Å². The molecule has 0 heterocycles. The molecule has 0 aromatic heterocycles. The van der Waals surface area contributed by atoms with E-state index in [1.54, 1.807) is 32.9 Å². The number of sulfone groups is 1. The number of benzene rings is 1. The standard InChI is InChI=1S/C15H22O4S/c1-10-7-8-13(9-11(10)2)20(17,18)12(3)14(16)19-15(4,5)6/h7-9,12H,1-6H3. The Hall–Kier alpha value is -1.36. The zero-order valence-electron chi connectivity index (χ0n) is 12.9. The fraction of sp³-hybridized carbons (Fsp3) is 0.533. The van der Waals surface area contributed by atoms with E-state index in [1.165, 1.54) is 13.0 Å². The van der Waals surface area contributed by atoms with Gasteiger partial charge in [-0.25, -0.2) is 8.42 Å². The molecule has 0 bridgehead atoms. The van der Waals surface area contributed by atoms with Gasteiger partial charge in [-0.3, -0.25) is 4.79 Å². The summed E-state index contributed by atoms with van der Waals surface area (Å²) in [6, 6.07) is 4.86. The van der Waals surface area contributed by atoms with Crippen molar-refractivity contribution in [2.45, 2.75) is 57.3 Å². The van der Waals surface area contributed by atoms with Crippen LogP contribution in [-0.4, -0.2) is 25.2 Å². The van der Waals surface area contributed by atoms with Crippen molar-refractivity contribution in [3.8, 4) is 0 Å². The van der Waals surface area contributed by atoms with Crippen LogP contribution in [0.1, 0.15) is 38.8 Å². The Morgan fingerprint density at radius 3 is 2.15 bits per heavy atom. The molecule has 0 saturated carbocycles. The third-order valence-electron chi connectivity index (χ3n) is 3.01. The van der Waals surface area contributed by atoms with Crippen LogP contribution < -0.4 is 0 Å². The monoisotopic (exact) mass is 298 g/mol. The highest BCUT2D eigenvalue weighted by Crippen LogP contribution is 2.21. The van der Waals surface area contributed by atoms with Crippen LogP contribution in [0, 0.1) is 13.8 Å². The second kappa shape index (κ2) is 5.56. The van der Waals surface area contributed by atoms with Gasteiger partial charge >= 0.3 is 5.97 Å². The summed E-state index contributed by atoms with van der Waals surface area (Å²) >= 11 is 0. The van der Waals surface area contributed by atoms with E-state index in [0.29, 0.717) is 0 Å². The van der Waals surface area contributed by atoms with Gasteiger partial charge in [0.15, 0.2) is 15.1 Å². The third kappa shape index (κ3) is 3.82. The van der Waals surface area contributed by atoms with Gasteiger partial charge in [0.2, 0.25) is 0 Å². The van der Waals surface area contributed by atoms with Gasteiger partial charge in [-0.2, -0.15) is 0 Å². The Bertz CT molecular complexity index is 609. The van der Waals surface area contributed by atoms with Crippen LogP contribution in [0.3, 0.4) is 0 Å². The highest BCUT2D eigenvalue weighted by Gasteiger charge is 2.33. The largest absolute Gasteiger partial charge is 0.459 e. The van der Waals surface area contributed by atoms with Gasteiger partial charge in [0, 0.05) is 0 Å². The van der Waals surface area contributed by atoms with Crippen LogP contribution >= 0.6 is 0 Å². The van der Waals surface area contributed by atoms with Crippen LogP contribution in [0.2, 0.25) is 0 Å². The van der Waals surface area contributed by atoms with Crippen LogP contribution in [0.15, 0.2) is 23.1 Å². The Kier molecular flexibility index (Phi) is 4.64. The summed E-state index contributed by atoms with van der Waals surface area (Å²) in [5, 5.41) is -1.22. The molecule has 1 aromatic carbocycles. The predicted octanol–water partition coefficient (Wildman–Crippen LogP) is 2.81. The molecule has 0 fully saturated rings. The van der Waals surface area contributed by atoms with E-state index in [2.05, 4.69) is 0 Å². The van der Waals surface area contributed by atoms with Crippen molar-refractivity contribution in [3.63, 3.8) is 0 Å². The Morgan fingerprint density at radius 2 is 1.70 bits per heavy atom. The topological polar surface area (TPSA) is 60.4 Å². The van der Waals surface area contributed by atoms with Crippen molar-refractivity contribution >= 4 is 15.8 Å². The maximum Gasteiger partial charge on any atom is 0.324 e. The van der Waals surface area contributed by atoms with E-state index in [9.17, 15) is 13.2 Å². The summed E-state index contributed by atoms with van der Waals surface area (Å²) in [4.78, 5) is 12.1. The summed E-state index contributed by atoms with van der Waals surface area (Å²) in [5.74, 6) is -0.726. The maximum absolute atomic E-state index is 12.4. The van der Waals surface area contributed by atoms with Crippen molar-refractivity contribution in [2.24, 2.45) is 0 Å². The minimum atomic E-state index is -3.72. The highest BCUT2D eigenvalue weighted by molar-refractivity contribution is 7.92. The molecule has 0 radical (unpaired) electrons. The molecule has 1 atom stereocenters. The molecular formula is C15H22O4S. The Labute approximate surface area is 121 Å². The first-order chi connectivity index (χ1) is 8.95. The number of hydrogen-bond donors (Lipinski definition) is 0. The third-order valence-corrected chi connectivity index (χ3v) is 5.05. The molecule has 0 aliphatic carbocycles. The lowest BCUT2D eigenvalue weighted by Gasteiger charge is -2.22. The van der Waals surface area contributed by atoms with E-state index >= 15 is 0 Å². The van der Waals surface area contributed by atoms with Crippen molar-refractivity contribution in [2.75, 3.05) is 0 Å². The van der Waals surface area contributed by atoms with Gasteiger partial charge in [-0.1, -0.05) is 6.07 Å². The van der Waals surface area contributed by atoms with Gasteiger partial charge in [0.1, 0.15) is 5.60 Å². The molecule has 1 rings (SSSR count). The molecule has 0 aliphatic heterocycles. The van der Waals surface area contributed by atoms with Gasteiger partial charge in [0.05, 0.1) is 4.90 Å². The summed E-state index contributed by atoms with van der Waals surface area (Å²) in [7, 11) is -3.72. The van der Waals surface area contributed by atoms with Crippen LogP contribution in [0.4, 0.5) is 0 Å². The molecule has 5 heteroatoms. The molecule has 0 saturated heterocycles. The lowest BCUT2D eigenvalue weighted by molar-refractivity contribution is -0.153. The first-order valence-electron chi connectivity index (χ1n) is 6.49. The SMILES string of the molecule is Cc1ccc(S(=O)(=O)C(C)C(=O)OC(C)(C)C)cc1C. The average Bonchev–Trinajstić information content (AvgIpc) is 2.29. The quantitative estimate of drug-likeness (QED) is 0.805. The Balaban J connectivity index is 3.09. The molecule has 112 valence electrons. The lowest BCUT2D eigenvalue weighted by atomic mass is 10.1. The van der Waals surface area contributed by atoms with Gasteiger partial charge in [-0.05, 0) is 64.8 Å². The predicted molar refractivity (Wildman–Crippen MR) is 78.4 cm³/mol. The number of carbonyl (C=O) groups is 1. The second-order valence-corrected chi connectivity index (χ2v) is 8.24. The second-order valence-electron chi connectivity index (χ2n) is 5.97. The number of ether oxygens (including phenoxy) is 1. The van der Waals surface area contributed by atoms with E-state index < -0.39 is 26.7 Å². The Morgan fingerprint density at radius 1 is 1.15 bits per heavy atom. The van der Waals surface area contributed by atoms with Crippen molar-refractivity contribution < 1.29 is 17.9 Å². The molecule has 4 nitrogen and oxygen atoms in total. The van der Waals surface area contributed by atoms with Crippen LogP contribution in [0.5, 0.6) is 0 Å². The number of rotatable bonds is 3. The fourth-order valence-electron chi connectivity index (χ4n) is 1.61. The molecule has 1 aromatic rings. The van der Waals surface area contributed by atoms with Gasteiger partial charge in [0.25, 0.3) is 0 Å². The summed E-state index contributed by atoms with van der Waals surface area (Å²) in [5.41, 5.74) is 1.18. The van der Waals surface area contributed by atoms with Crippen molar-refractivity contribution in [1.29, 1.82) is 0 Å².